The number of aliphatic hydroxyl groups is 1. The minimum atomic E-state index is -0.296. The van der Waals surface area contributed by atoms with Crippen LogP contribution in [0.4, 0.5) is 11.4 Å². The van der Waals surface area contributed by atoms with Gasteiger partial charge in [-0.05, 0) is 38.1 Å². The molecule has 3 atom stereocenters. The van der Waals surface area contributed by atoms with Crippen molar-refractivity contribution >= 4 is 17.3 Å². The van der Waals surface area contributed by atoms with E-state index in [9.17, 15) is 9.90 Å². The fraction of sp³-hybridized carbons (Fsp3) is 0.533. The number of carbonyl (C=O) groups is 1. The number of nitrogens with one attached hydrogen (secondary N) is 1. The van der Waals surface area contributed by atoms with Gasteiger partial charge in [0.05, 0.1) is 25.4 Å². The van der Waals surface area contributed by atoms with E-state index in [0.717, 1.165) is 5.69 Å². The summed E-state index contributed by atoms with van der Waals surface area (Å²) in [7, 11) is 0. The molecule has 0 radical (unpaired) electrons. The molecule has 116 valence electrons. The van der Waals surface area contributed by atoms with E-state index in [0.29, 0.717) is 18.8 Å². The number of amides is 1. The average molecular weight is 293 g/mol. The van der Waals surface area contributed by atoms with Gasteiger partial charge < -0.3 is 20.9 Å². The maximum Gasteiger partial charge on any atom is 0.241 e. The molecule has 1 aromatic carbocycles. The predicted molar refractivity (Wildman–Crippen MR) is 81.9 cm³/mol. The molecule has 3 unspecified atom stereocenters. The van der Waals surface area contributed by atoms with Gasteiger partial charge in [-0.1, -0.05) is 0 Å². The highest BCUT2D eigenvalue weighted by Crippen LogP contribution is 2.17. The van der Waals surface area contributed by atoms with E-state index in [1.165, 1.54) is 0 Å². The van der Waals surface area contributed by atoms with E-state index in [2.05, 4.69) is 10.2 Å². The second-order valence-corrected chi connectivity index (χ2v) is 5.47. The zero-order chi connectivity index (χ0) is 15.4. The number of nitrogens with two attached hydrogens (primary N) is 1. The third kappa shape index (κ3) is 3.93. The SMILES string of the molecule is CC1COC(CO)CN1C(C)C(=O)Nc1ccc(N)cc1. The van der Waals surface area contributed by atoms with Crippen molar-refractivity contribution in [3.8, 4) is 0 Å². The van der Waals surface area contributed by atoms with Gasteiger partial charge in [0, 0.05) is 24.0 Å². The van der Waals surface area contributed by atoms with Crippen LogP contribution < -0.4 is 11.1 Å². The predicted octanol–water partition coefficient (Wildman–Crippen LogP) is 0.677. The van der Waals surface area contributed by atoms with Crippen LogP contribution in [0.25, 0.3) is 0 Å². The summed E-state index contributed by atoms with van der Waals surface area (Å²) in [5.41, 5.74) is 7.01. The van der Waals surface area contributed by atoms with Crippen molar-refractivity contribution in [2.75, 3.05) is 30.8 Å². The molecule has 1 heterocycles. The third-order valence-corrected chi connectivity index (χ3v) is 3.81. The fourth-order valence-corrected chi connectivity index (χ4v) is 2.45. The second kappa shape index (κ2) is 6.89. The summed E-state index contributed by atoms with van der Waals surface area (Å²) in [6, 6.07) is 6.90. The molecule has 1 saturated heterocycles. The lowest BCUT2D eigenvalue weighted by Gasteiger charge is -2.40. The van der Waals surface area contributed by atoms with Gasteiger partial charge in [-0.2, -0.15) is 0 Å². The van der Waals surface area contributed by atoms with Crippen LogP contribution in [0, 0.1) is 0 Å². The van der Waals surface area contributed by atoms with Crippen LogP contribution in [0.3, 0.4) is 0 Å². The molecule has 1 fully saturated rings. The maximum absolute atomic E-state index is 12.3. The molecule has 1 aromatic rings. The molecule has 0 aliphatic carbocycles. The van der Waals surface area contributed by atoms with Crippen molar-refractivity contribution in [1.82, 2.24) is 4.90 Å². The molecule has 0 aromatic heterocycles. The quantitative estimate of drug-likeness (QED) is 0.711. The lowest BCUT2D eigenvalue weighted by atomic mass is 10.1. The number of carbonyl (C=O) groups excluding carboxylic acids is 1. The molecule has 2 rings (SSSR count). The molecule has 6 nitrogen and oxygen atoms in total. The smallest absolute Gasteiger partial charge is 0.241 e. The molecule has 0 bridgehead atoms. The summed E-state index contributed by atoms with van der Waals surface area (Å²) in [5.74, 6) is -0.0785. The van der Waals surface area contributed by atoms with Gasteiger partial charge in [0.1, 0.15) is 0 Å². The summed E-state index contributed by atoms with van der Waals surface area (Å²) in [6.07, 6.45) is -0.229. The zero-order valence-corrected chi connectivity index (χ0v) is 12.5. The lowest BCUT2D eigenvalue weighted by molar-refractivity contribution is -0.129. The maximum atomic E-state index is 12.3. The van der Waals surface area contributed by atoms with Gasteiger partial charge in [0.2, 0.25) is 5.91 Å². The summed E-state index contributed by atoms with van der Waals surface area (Å²) >= 11 is 0. The number of morpholine rings is 1. The van der Waals surface area contributed by atoms with Crippen molar-refractivity contribution in [3.05, 3.63) is 24.3 Å². The molecule has 4 N–H and O–H groups in total. The number of hydrogen-bond donors (Lipinski definition) is 3. The molecule has 0 saturated carbocycles. The number of anilines is 2. The van der Waals surface area contributed by atoms with Gasteiger partial charge in [-0.3, -0.25) is 9.69 Å². The topological polar surface area (TPSA) is 87.8 Å². The average Bonchev–Trinajstić information content (AvgIpc) is 2.49. The van der Waals surface area contributed by atoms with E-state index in [1.54, 1.807) is 24.3 Å². The van der Waals surface area contributed by atoms with Crippen LogP contribution >= 0.6 is 0 Å². The number of aliphatic hydroxyl groups excluding tert-OH is 1. The molecule has 0 spiro atoms. The first-order chi connectivity index (χ1) is 10.0. The monoisotopic (exact) mass is 293 g/mol. The Kier molecular flexibility index (Phi) is 5.17. The minimum Gasteiger partial charge on any atom is -0.399 e. The van der Waals surface area contributed by atoms with Crippen molar-refractivity contribution in [2.24, 2.45) is 0 Å². The first-order valence-electron chi connectivity index (χ1n) is 7.16. The van der Waals surface area contributed by atoms with E-state index < -0.39 is 0 Å². The highest BCUT2D eigenvalue weighted by atomic mass is 16.5. The van der Waals surface area contributed by atoms with Gasteiger partial charge >= 0.3 is 0 Å². The standard InChI is InChI=1S/C15H23N3O3/c1-10-9-21-14(8-19)7-18(10)11(2)15(20)17-13-5-3-12(16)4-6-13/h3-6,10-11,14,19H,7-9,16H2,1-2H3,(H,17,20). The number of hydrogen-bond acceptors (Lipinski definition) is 5. The van der Waals surface area contributed by atoms with Crippen LogP contribution in [-0.4, -0.2) is 53.9 Å². The van der Waals surface area contributed by atoms with Crippen molar-refractivity contribution in [1.29, 1.82) is 0 Å². The van der Waals surface area contributed by atoms with Gasteiger partial charge in [0.25, 0.3) is 0 Å². The normalized spacial score (nSPS) is 24.5. The molecule has 1 aliphatic rings. The van der Waals surface area contributed by atoms with Crippen LogP contribution in [0.5, 0.6) is 0 Å². The third-order valence-electron chi connectivity index (χ3n) is 3.81. The molecule has 21 heavy (non-hydrogen) atoms. The van der Waals surface area contributed by atoms with Gasteiger partial charge in [-0.15, -0.1) is 0 Å². The van der Waals surface area contributed by atoms with Crippen molar-refractivity contribution in [2.45, 2.75) is 32.0 Å². The fourth-order valence-electron chi connectivity index (χ4n) is 2.45. The van der Waals surface area contributed by atoms with Crippen LogP contribution in [0.2, 0.25) is 0 Å². The Labute approximate surface area is 124 Å². The Bertz CT molecular complexity index is 478. The lowest BCUT2D eigenvalue weighted by Crippen LogP contribution is -2.56. The number of benzene rings is 1. The number of ether oxygens (including phenoxy) is 1. The molecule has 1 amide bonds. The first-order valence-corrected chi connectivity index (χ1v) is 7.16. The zero-order valence-electron chi connectivity index (χ0n) is 12.5. The number of nitrogens with zero attached hydrogens (tertiary/aromatic N) is 1. The van der Waals surface area contributed by atoms with Crippen LogP contribution in [0.1, 0.15) is 13.8 Å². The molecule has 6 heteroatoms. The molecule has 1 aliphatic heterocycles. The highest BCUT2D eigenvalue weighted by Gasteiger charge is 2.32. The second-order valence-electron chi connectivity index (χ2n) is 5.47. The minimum absolute atomic E-state index is 0.0322. The van der Waals surface area contributed by atoms with E-state index >= 15 is 0 Å². The van der Waals surface area contributed by atoms with E-state index in [-0.39, 0.29) is 30.7 Å². The van der Waals surface area contributed by atoms with Gasteiger partial charge in [-0.25, -0.2) is 0 Å². The van der Waals surface area contributed by atoms with Crippen molar-refractivity contribution in [3.63, 3.8) is 0 Å². The summed E-state index contributed by atoms with van der Waals surface area (Å²) < 4.78 is 5.49. The number of nitrogen functional groups attached to an aromatic ring is 1. The Morgan fingerprint density at radius 3 is 2.81 bits per heavy atom. The summed E-state index contributed by atoms with van der Waals surface area (Å²) in [6.45, 7) is 4.91. The van der Waals surface area contributed by atoms with E-state index in [1.807, 2.05) is 13.8 Å². The Morgan fingerprint density at radius 1 is 1.52 bits per heavy atom. The Hall–Kier alpha value is -1.63. The number of rotatable bonds is 4. The summed E-state index contributed by atoms with van der Waals surface area (Å²) in [4.78, 5) is 14.4. The molecular weight excluding hydrogens is 270 g/mol. The largest absolute Gasteiger partial charge is 0.399 e. The van der Waals surface area contributed by atoms with Gasteiger partial charge in [0.15, 0.2) is 0 Å². The highest BCUT2D eigenvalue weighted by molar-refractivity contribution is 5.94. The first kappa shape index (κ1) is 15.8. The molecular formula is C15H23N3O3. The van der Waals surface area contributed by atoms with Crippen LogP contribution in [0.15, 0.2) is 24.3 Å². The summed E-state index contributed by atoms with van der Waals surface area (Å²) in [5, 5.41) is 12.1. The Morgan fingerprint density at radius 2 is 2.19 bits per heavy atom. The van der Waals surface area contributed by atoms with E-state index in [4.69, 9.17) is 10.5 Å². The van der Waals surface area contributed by atoms with Crippen LogP contribution in [-0.2, 0) is 9.53 Å². The Balaban J connectivity index is 1.99. The van der Waals surface area contributed by atoms with Crippen molar-refractivity contribution < 1.29 is 14.6 Å².